The van der Waals surface area contributed by atoms with Gasteiger partial charge in [-0.3, -0.25) is 0 Å². The minimum atomic E-state index is -0.245. The van der Waals surface area contributed by atoms with E-state index in [9.17, 15) is 4.39 Å². The fourth-order valence-corrected chi connectivity index (χ4v) is 3.28. The predicted molar refractivity (Wildman–Crippen MR) is 136 cm³/mol. The van der Waals surface area contributed by atoms with E-state index in [1.165, 1.54) is 12.1 Å². The topological polar surface area (TPSA) is 90.9 Å². The molecule has 4 N–H and O–H groups in total. The van der Waals surface area contributed by atoms with E-state index in [0.717, 1.165) is 35.0 Å². The Bertz CT molecular complexity index is 1030. The molecule has 0 radical (unpaired) electrons. The molecular formula is C23H30FIN4O3. The minimum absolute atomic E-state index is 0. The highest BCUT2D eigenvalue weighted by Crippen LogP contribution is 2.28. The van der Waals surface area contributed by atoms with Gasteiger partial charge in [0.15, 0.2) is 17.5 Å². The first kappa shape index (κ1) is 25.7. The Morgan fingerprint density at radius 3 is 2.75 bits per heavy atom. The van der Waals surface area contributed by atoms with Gasteiger partial charge < -0.3 is 30.2 Å². The van der Waals surface area contributed by atoms with Gasteiger partial charge in [-0.2, -0.15) is 0 Å². The van der Waals surface area contributed by atoms with Gasteiger partial charge in [0.2, 0.25) is 0 Å². The Kier molecular flexibility index (Phi) is 10.5. The van der Waals surface area contributed by atoms with Crippen LogP contribution in [-0.4, -0.2) is 49.5 Å². The lowest BCUT2D eigenvalue weighted by Crippen LogP contribution is -2.38. The molecule has 0 fully saturated rings. The van der Waals surface area contributed by atoms with Crippen LogP contribution in [0.2, 0.25) is 0 Å². The van der Waals surface area contributed by atoms with Crippen molar-refractivity contribution < 1.29 is 19.0 Å². The quantitative estimate of drug-likeness (QED) is 0.174. The SMILES string of the molecule is CCNC(=NCc1ccc(OCCO)c(OC)c1)NCCc1c[nH]c2cc(F)ccc12.I. The van der Waals surface area contributed by atoms with Crippen molar-refractivity contribution in [2.45, 2.75) is 19.9 Å². The number of H-pyrrole nitrogens is 1. The van der Waals surface area contributed by atoms with Crippen molar-refractivity contribution in [3.05, 3.63) is 59.5 Å². The number of aromatic nitrogens is 1. The highest BCUT2D eigenvalue weighted by Gasteiger charge is 2.07. The van der Waals surface area contributed by atoms with E-state index in [2.05, 4.69) is 20.6 Å². The van der Waals surface area contributed by atoms with Crippen molar-refractivity contribution in [1.29, 1.82) is 0 Å². The molecule has 0 aliphatic rings. The summed E-state index contributed by atoms with van der Waals surface area (Å²) in [6.07, 6.45) is 2.70. The number of aliphatic hydroxyl groups excluding tert-OH is 1. The third-order valence-corrected chi connectivity index (χ3v) is 4.76. The molecule has 0 saturated carbocycles. The standard InChI is InChI=1S/C23H29FN4O3.HI/c1-3-25-23(26-9-8-17-15-27-20-13-18(24)5-6-19(17)20)28-14-16-4-7-21(31-11-10-29)22(12-16)30-2;/h4-7,12-13,15,27,29H,3,8-11,14H2,1-2H3,(H2,25,26,28);1H. The zero-order valence-corrected chi connectivity index (χ0v) is 20.6. The normalized spacial score (nSPS) is 11.2. The van der Waals surface area contributed by atoms with Gasteiger partial charge in [-0.15, -0.1) is 24.0 Å². The van der Waals surface area contributed by atoms with Gasteiger partial charge in [0.25, 0.3) is 0 Å². The highest BCUT2D eigenvalue weighted by atomic mass is 127. The Morgan fingerprint density at radius 1 is 1.16 bits per heavy atom. The molecule has 2 aromatic carbocycles. The van der Waals surface area contributed by atoms with Gasteiger partial charge in [0, 0.05) is 30.2 Å². The predicted octanol–water partition coefficient (Wildman–Crippen LogP) is 3.60. The number of nitrogens with zero attached hydrogens (tertiary/aromatic N) is 1. The molecule has 0 saturated heterocycles. The van der Waals surface area contributed by atoms with E-state index >= 15 is 0 Å². The molecule has 0 bridgehead atoms. The molecule has 7 nitrogen and oxygen atoms in total. The number of hydrogen-bond donors (Lipinski definition) is 4. The molecular weight excluding hydrogens is 526 g/mol. The van der Waals surface area contributed by atoms with Crippen LogP contribution in [0.4, 0.5) is 4.39 Å². The number of hydrogen-bond acceptors (Lipinski definition) is 4. The van der Waals surface area contributed by atoms with Gasteiger partial charge in [-0.1, -0.05) is 6.07 Å². The summed E-state index contributed by atoms with van der Waals surface area (Å²) in [4.78, 5) is 7.76. The van der Waals surface area contributed by atoms with Gasteiger partial charge in [0.1, 0.15) is 12.4 Å². The van der Waals surface area contributed by atoms with E-state index < -0.39 is 0 Å². The van der Waals surface area contributed by atoms with Crippen molar-refractivity contribution in [2.24, 2.45) is 4.99 Å². The molecule has 174 valence electrons. The first-order valence-electron chi connectivity index (χ1n) is 10.3. The third-order valence-electron chi connectivity index (χ3n) is 4.76. The lowest BCUT2D eigenvalue weighted by molar-refractivity contribution is 0.196. The zero-order chi connectivity index (χ0) is 22.1. The molecule has 0 spiro atoms. The summed E-state index contributed by atoms with van der Waals surface area (Å²) in [5.41, 5.74) is 2.90. The number of rotatable bonds is 10. The van der Waals surface area contributed by atoms with E-state index in [0.29, 0.717) is 30.5 Å². The number of halogens is 2. The number of guanidine groups is 1. The first-order chi connectivity index (χ1) is 15.1. The number of benzene rings is 2. The number of aliphatic imine (C=N–C) groups is 1. The number of methoxy groups -OCH3 is 1. The van der Waals surface area contributed by atoms with Crippen molar-refractivity contribution in [1.82, 2.24) is 15.6 Å². The third kappa shape index (κ3) is 6.99. The molecule has 0 aliphatic carbocycles. The van der Waals surface area contributed by atoms with Crippen LogP contribution in [0.25, 0.3) is 10.9 Å². The Labute approximate surface area is 204 Å². The van der Waals surface area contributed by atoms with Crippen LogP contribution in [0.1, 0.15) is 18.1 Å². The molecule has 0 amide bonds. The van der Waals surface area contributed by atoms with Crippen LogP contribution < -0.4 is 20.1 Å². The molecule has 3 rings (SSSR count). The van der Waals surface area contributed by atoms with Crippen LogP contribution >= 0.6 is 24.0 Å². The number of nitrogens with one attached hydrogen (secondary N) is 3. The number of fused-ring (bicyclic) bond motifs is 1. The molecule has 0 atom stereocenters. The average Bonchev–Trinajstić information content (AvgIpc) is 3.18. The lowest BCUT2D eigenvalue weighted by atomic mass is 10.1. The van der Waals surface area contributed by atoms with Gasteiger partial charge >= 0.3 is 0 Å². The molecule has 1 aromatic heterocycles. The molecule has 1 heterocycles. The van der Waals surface area contributed by atoms with Crippen LogP contribution in [0.3, 0.4) is 0 Å². The maximum atomic E-state index is 13.4. The Hall–Kier alpha value is -2.53. The summed E-state index contributed by atoms with van der Waals surface area (Å²) in [5.74, 6) is 1.67. The van der Waals surface area contributed by atoms with E-state index in [-0.39, 0.29) is 43.0 Å². The summed E-state index contributed by atoms with van der Waals surface area (Å²) in [7, 11) is 1.58. The van der Waals surface area contributed by atoms with Gasteiger partial charge in [-0.05, 0) is 54.8 Å². The second kappa shape index (κ2) is 13.1. The first-order valence-corrected chi connectivity index (χ1v) is 10.3. The fraction of sp³-hybridized carbons (Fsp3) is 0.348. The second-order valence-electron chi connectivity index (χ2n) is 6.93. The number of ether oxygens (including phenoxy) is 2. The molecule has 0 aliphatic heterocycles. The second-order valence-corrected chi connectivity index (χ2v) is 6.93. The Balaban J connectivity index is 0.00000363. The van der Waals surface area contributed by atoms with Crippen LogP contribution in [-0.2, 0) is 13.0 Å². The maximum Gasteiger partial charge on any atom is 0.191 e. The van der Waals surface area contributed by atoms with Gasteiger partial charge in [0.05, 0.1) is 20.3 Å². The zero-order valence-electron chi connectivity index (χ0n) is 18.3. The molecule has 0 unspecified atom stereocenters. The summed E-state index contributed by atoms with van der Waals surface area (Å²) in [6.45, 7) is 4.08. The van der Waals surface area contributed by atoms with Crippen molar-refractivity contribution >= 4 is 40.8 Å². The summed E-state index contributed by atoms with van der Waals surface area (Å²) in [6, 6.07) is 10.4. The molecule has 32 heavy (non-hydrogen) atoms. The molecule has 3 aromatic rings. The Morgan fingerprint density at radius 2 is 2.00 bits per heavy atom. The lowest BCUT2D eigenvalue weighted by Gasteiger charge is -2.13. The number of aliphatic hydroxyl groups is 1. The van der Waals surface area contributed by atoms with Gasteiger partial charge in [-0.25, -0.2) is 9.38 Å². The summed E-state index contributed by atoms with van der Waals surface area (Å²) in [5, 5.41) is 16.5. The minimum Gasteiger partial charge on any atom is -0.493 e. The van der Waals surface area contributed by atoms with Crippen molar-refractivity contribution in [3.63, 3.8) is 0 Å². The monoisotopic (exact) mass is 556 g/mol. The average molecular weight is 556 g/mol. The van der Waals surface area contributed by atoms with Crippen LogP contribution in [0.15, 0.2) is 47.6 Å². The largest absolute Gasteiger partial charge is 0.493 e. The van der Waals surface area contributed by atoms with Crippen molar-refractivity contribution in [3.8, 4) is 11.5 Å². The van der Waals surface area contributed by atoms with Crippen LogP contribution in [0, 0.1) is 5.82 Å². The van der Waals surface area contributed by atoms with E-state index in [4.69, 9.17) is 14.6 Å². The summed E-state index contributed by atoms with van der Waals surface area (Å²) >= 11 is 0. The molecule has 9 heteroatoms. The smallest absolute Gasteiger partial charge is 0.191 e. The van der Waals surface area contributed by atoms with E-state index in [1.807, 2.05) is 31.3 Å². The van der Waals surface area contributed by atoms with Crippen LogP contribution in [0.5, 0.6) is 11.5 Å². The summed E-state index contributed by atoms with van der Waals surface area (Å²) < 4.78 is 24.2. The number of aromatic amines is 1. The van der Waals surface area contributed by atoms with E-state index in [1.54, 1.807) is 13.2 Å². The van der Waals surface area contributed by atoms with Crippen molar-refractivity contribution in [2.75, 3.05) is 33.4 Å². The fourth-order valence-electron chi connectivity index (χ4n) is 3.28. The maximum absolute atomic E-state index is 13.4. The highest BCUT2D eigenvalue weighted by molar-refractivity contribution is 14.0.